The first-order valence-electron chi connectivity index (χ1n) is 6.14. The molecule has 0 saturated heterocycles. The van der Waals surface area contributed by atoms with Gasteiger partial charge in [-0.25, -0.2) is 9.97 Å². The summed E-state index contributed by atoms with van der Waals surface area (Å²) in [7, 11) is 1.85. The van der Waals surface area contributed by atoms with Gasteiger partial charge in [-0.15, -0.1) is 0 Å². The maximum atomic E-state index is 6.03. The average Bonchev–Trinajstić information content (AvgIpc) is 2.42. The third kappa shape index (κ3) is 3.15. The van der Waals surface area contributed by atoms with Gasteiger partial charge in [0.25, 0.3) is 0 Å². The molecule has 0 aliphatic carbocycles. The van der Waals surface area contributed by atoms with Crippen molar-refractivity contribution in [1.82, 2.24) is 9.97 Å². The molecule has 2 rings (SSSR count). The number of halogens is 3. The fourth-order valence-corrected chi connectivity index (χ4v) is 3.11. The highest BCUT2D eigenvalue weighted by Gasteiger charge is 2.15. The molecule has 6 heteroatoms. The molecule has 0 spiro atoms. The van der Waals surface area contributed by atoms with Crippen LogP contribution >= 0.6 is 43.5 Å². The van der Waals surface area contributed by atoms with E-state index in [1.807, 2.05) is 25.2 Å². The minimum absolute atomic E-state index is 0.300. The van der Waals surface area contributed by atoms with E-state index in [0.717, 1.165) is 26.0 Å². The summed E-state index contributed by atoms with van der Waals surface area (Å²) in [5, 5.41) is 3.76. The van der Waals surface area contributed by atoms with E-state index >= 15 is 0 Å². The number of anilines is 1. The van der Waals surface area contributed by atoms with Crippen molar-refractivity contribution in [3.63, 3.8) is 0 Å². The van der Waals surface area contributed by atoms with Gasteiger partial charge < -0.3 is 5.32 Å². The fourth-order valence-electron chi connectivity index (χ4n) is 1.78. The Hall–Kier alpha value is -0.650. The molecular weight excluding hydrogens is 405 g/mol. The van der Waals surface area contributed by atoms with E-state index in [1.54, 1.807) is 0 Å². The Morgan fingerprint density at radius 1 is 1.20 bits per heavy atom. The van der Waals surface area contributed by atoms with Crippen molar-refractivity contribution >= 4 is 49.3 Å². The van der Waals surface area contributed by atoms with Gasteiger partial charge in [0, 0.05) is 17.1 Å². The van der Waals surface area contributed by atoms with Crippen molar-refractivity contribution < 1.29 is 0 Å². The Morgan fingerprint density at radius 2 is 1.90 bits per heavy atom. The summed E-state index contributed by atoms with van der Waals surface area (Å²) in [5.41, 5.74) is 1.90. The number of hydrogen-bond acceptors (Lipinski definition) is 3. The fraction of sp³-hybridized carbons (Fsp3) is 0.286. The predicted octanol–water partition coefficient (Wildman–Crippen LogP) is 5.49. The van der Waals surface area contributed by atoms with Crippen LogP contribution in [-0.2, 0) is 0 Å². The highest BCUT2D eigenvalue weighted by atomic mass is 79.9. The van der Waals surface area contributed by atoms with Gasteiger partial charge in [-0.1, -0.05) is 25.4 Å². The van der Waals surface area contributed by atoms with E-state index < -0.39 is 0 Å². The molecule has 0 amide bonds. The van der Waals surface area contributed by atoms with Crippen LogP contribution in [-0.4, -0.2) is 17.0 Å². The number of aromatic nitrogens is 2. The highest BCUT2D eigenvalue weighted by Crippen LogP contribution is 2.33. The summed E-state index contributed by atoms with van der Waals surface area (Å²) in [6.45, 7) is 4.21. The van der Waals surface area contributed by atoms with E-state index in [2.05, 4.69) is 61.0 Å². The lowest BCUT2D eigenvalue weighted by atomic mass is 10.1. The molecule has 1 N–H and O–H groups in total. The summed E-state index contributed by atoms with van der Waals surface area (Å²) in [5.74, 6) is 1.76. The summed E-state index contributed by atoms with van der Waals surface area (Å²) in [6.07, 6.45) is 0. The third-order valence-electron chi connectivity index (χ3n) is 2.84. The molecule has 1 aromatic heterocycles. The minimum Gasteiger partial charge on any atom is -0.372 e. The minimum atomic E-state index is 0.300. The number of benzene rings is 1. The number of nitrogens with one attached hydrogen (secondary N) is 1. The molecule has 2 aromatic rings. The summed E-state index contributed by atoms with van der Waals surface area (Å²) >= 11 is 13.0. The van der Waals surface area contributed by atoms with Gasteiger partial charge >= 0.3 is 0 Å². The second-order valence-corrected chi connectivity index (χ2v) is 6.68. The average molecular weight is 420 g/mol. The van der Waals surface area contributed by atoms with Crippen LogP contribution in [0.4, 0.5) is 5.82 Å². The molecule has 20 heavy (non-hydrogen) atoms. The maximum absolute atomic E-state index is 6.03. The van der Waals surface area contributed by atoms with E-state index in [-0.39, 0.29) is 0 Å². The molecule has 0 saturated carbocycles. The lowest BCUT2D eigenvalue weighted by Gasteiger charge is -2.13. The summed E-state index contributed by atoms with van der Waals surface area (Å²) in [4.78, 5) is 9.20. The zero-order valence-corrected chi connectivity index (χ0v) is 15.3. The molecule has 0 aliphatic rings. The van der Waals surface area contributed by atoms with Crippen LogP contribution in [0.25, 0.3) is 11.4 Å². The first-order chi connectivity index (χ1) is 9.43. The van der Waals surface area contributed by atoms with Crippen molar-refractivity contribution in [1.29, 1.82) is 0 Å². The van der Waals surface area contributed by atoms with Crippen molar-refractivity contribution in [3.8, 4) is 11.4 Å². The molecule has 0 unspecified atom stereocenters. The van der Waals surface area contributed by atoms with E-state index in [9.17, 15) is 0 Å². The molecular formula is C14H14Br2ClN3. The molecule has 0 fully saturated rings. The second kappa shape index (κ2) is 6.41. The van der Waals surface area contributed by atoms with E-state index in [4.69, 9.17) is 11.6 Å². The molecule has 1 heterocycles. The predicted molar refractivity (Wildman–Crippen MR) is 91.5 cm³/mol. The SMILES string of the molecule is CNc1nc(-c2ccc(Cl)c(Br)c2)nc(C(C)C)c1Br. The molecule has 0 aliphatic heterocycles. The Kier molecular flexibility index (Phi) is 5.04. The van der Waals surface area contributed by atoms with E-state index in [0.29, 0.717) is 16.8 Å². The number of nitrogens with zero attached hydrogens (tertiary/aromatic N) is 2. The Morgan fingerprint density at radius 3 is 2.45 bits per heavy atom. The Balaban J connectivity index is 2.61. The third-order valence-corrected chi connectivity index (χ3v) is 4.83. The monoisotopic (exact) mass is 417 g/mol. The molecule has 0 bridgehead atoms. The second-order valence-electron chi connectivity index (χ2n) is 4.63. The quantitative estimate of drug-likeness (QED) is 0.715. The maximum Gasteiger partial charge on any atom is 0.161 e. The van der Waals surface area contributed by atoms with Gasteiger partial charge in [0.2, 0.25) is 0 Å². The van der Waals surface area contributed by atoms with Crippen LogP contribution in [0.1, 0.15) is 25.5 Å². The molecule has 0 radical (unpaired) electrons. The number of hydrogen-bond donors (Lipinski definition) is 1. The molecule has 0 atom stereocenters. The molecule has 3 nitrogen and oxygen atoms in total. The summed E-state index contributed by atoms with van der Waals surface area (Å²) < 4.78 is 1.74. The van der Waals surface area contributed by atoms with Gasteiger partial charge in [-0.2, -0.15) is 0 Å². The first-order valence-corrected chi connectivity index (χ1v) is 8.11. The van der Waals surface area contributed by atoms with Crippen LogP contribution < -0.4 is 5.32 Å². The number of rotatable bonds is 3. The lowest BCUT2D eigenvalue weighted by molar-refractivity contribution is 0.810. The zero-order valence-electron chi connectivity index (χ0n) is 11.3. The summed E-state index contributed by atoms with van der Waals surface area (Å²) in [6, 6.07) is 5.68. The zero-order chi connectivity index (χ0) is 14.9. The van der Waals surface area contributed by atoms with Gasteiger partial charge in [0.05, 0.1) is 15.2 Å². The smallest absolute Gasteiger partial charge is 0.161 e. The van der Waals surface area contributed by atoms with Gasteiger partial charge in [0.1, 0.15) is 5.82 Å². The van der Waals surface area contributed by atoms with Gasteiger partial charge in [-0.3, -0.25) is 0 Å². The van der Waals surface area contributed by atoms with Crippen LogP contribution in [0.3, 0.4) is 0 Å². The first kappa shape index (κ1) is 15.7. The largest absolute Gasteiger partial charge is 0.372 e. The Labute approximate surface area is 140 Å². The molecule has 106 valence electrons. The highest BCUT2D eigenvalue weighted by molar-refractivity contribution is 9.11. The normalized spacial score (nSPS) is 10.9. The topological polar surface area (TPSA) is 37.8 Å². The van der Waals surface area contributed by atoms with Crippen molar-refractivity contribution in [2.45, 2.75) is 19.8 Å². The van der Waals surface area contributed by atoms with Crippen LogP contribution in [0.5, 0.6) is 0 Å². The van der Waals surface area contributed by atoms with Crippen molar-refractivity contribution in [2.24, 2.45) is 0 Å². The molecule has 1 aromatic carbocycles. The van der Waals surface area contributed by atoms with Crippen LogP contribution in [0, 0.1) is 0 Å². The van der Waals surface area contributed by atoms with Gasteiger partial charge in [0.15, 0.2) is 5.82 Å². The Bertz CT molecular complexity index is 645. The van der Waals surface area contributed by atoms with Crippen molar-refractivity contribution in [2.75, 3.05) is 12.4 Å². The van der Waals surface area contributed by atoms with Gasteiger partial charge in [-0.05, 0) is 56.0 Å². The van der Waals surface area contributed by atoms with E-state index in [1.165, 1.54) is 0 Å². The van der Waals surface area contributed by atoms with Crippen LogP contribution in [0.15, 0.2) is 27.1 Å². The van der Waals surface area contributed by atoms with Crippen molar-refractivity contribution in [3.05, 3.63) is 37.9 Å². The lowest BCUT2D eigenvalue weighted by Crippen LogP contribution is -2.04. The standard InChI is InChI=1S/C14H14Br2ClN3/c1-7(2)12-11(16)14(18-3)20-13(19-12)8-4-5-10(17)9(15)6-8/h4-7H,1-3H3,(H,18,19,20). The van der Waals surface area contributed by atoms with Crippen LogP contribution in [0.2, 0.25) is 5.02 Å².